The van der Waals surface area contributed by atoms with E-state index in [-0.39, 0.29) is 17.3 Å². The third-order valence-corrected chi connectivity index (χ3v) is 1.71. The van der Waals surface area contributed by atoms with Crippen molar-refractivity contribution in [3.8, 4) is 0 Å². The Bertz CT molecular complexity index is 461. The van der Waals surface area contributed by atoms with Gasteiger partial charge in [0.15, 0.2) is 5.78 Å². The molecule has 0 atom stereocenters. The molecular weight excluding hydrogens is 196 g/mol. The fraction of sp³-hybridized carbons (Fsp3) is 0.333. The minimum atomic E-state index is -0.263. The number of hydrazone groups is 1. The van der Waals surface area contributed by atoms with Gasteiger partial charge in [0.05, 0.1) is 0 Å². The van der Waals surface area contributed by atoms with Gasteiger partial charge in [0.25, 0.3) is 5.56 Å². The van der Waals surface area contributed by atoms with Gasteiger partial charge in [-0.2, -0.15) is 5.10 Å². The van der Waals surface area contributed by atoms with E-state index in [4.69, 9.17) is 0 Å². The molecule has 0 spiro atoms. The summed E-state index contributed by atoms with van der Waals surface area (Å²) in [6, 6.07) is 1.37. The van der Waals surface area contributed by atoms with E-state index in [2.05, 4.69) is 20.5 Å². The molecule has 0 radical (unpaired) electrons. The van der Waals surface area contributed by atoms with Crippen molar-refractivity contribution in [3.63, 3.8) is 0 Å². The molecule has 2 N–H and O–H groups in total. The molecule has 1 aromatic rings. The number of aromatic nitrogens is 2. The van der Waals surface area contributed by atoms with Gasteiger partial charge in [0.1, 0.15) is 5.71 Å². The number of aromatic amines is 1. The number of H-pyrrole nitrogens is 1. The number of carbonyl (C=O) groups is 1. The summed E-state index contributed by atoms with van der Waals surface area (Å²) < 4.78 is 0. The van der Waals surface area contributed by atoms with Crippen molar-refractivity contribution in [1.82, 2.24) is 9.97 Å². The zero-order valence-corrected chi connectivity index (χ0v) is 8.79. The molecule has 0 saturated heterocycles. The maximum atomic E-state index is 11.0. The Balaban J connectivity index is 2.86. The first-order chi connectivity index (χ1) is 6.99. The fourth-order valence-corrected chi connectivity index (χ4v) is 0.848. The van der Waals surface area contributed by atoms with Crippen LogP contribution in [-0.2, 0) is 4.79 Å². The van der Waals surface area contributed by atoms with Crippen LogP contribution in [0.4, 0.5) is 5.95 Å². The lowest BCUT2D eigenvalue weighted by Crippen LogP contribution is -2.13. The SMILES string of the molecule is CC(=O)/C(C)=N\Nc1nc(C)cc(=O)[nH]1. The van der Waals surface area contributed by atoms with E-state index in [1.807, 2.05) is 0 Å². The van der Waals surface area contributed by atoms with Crippen LogP contribution in [0.3, 0.4) is 0 Å². The maximum Gasteiger partial charge on any atom is 0.252 e. The highest BCUT2D eigenvalue weighted by atomic mass is 16.1. The predicted octanol–water partition coefficient (Wildman–Crippen LogP) is 0.455. The topological polar surface area (TPSA) is 87.2 Å². The second-order valence-electron chi connectivity index (χ2n) is 3.10. The highest BCUT2D eigenvalue weighted by molar-refractivity contribution is 6.38. The van der Waals surface area contributed by atoms with Crippen LogP contribution in [0.15, 0.2) is 16.0 Å². The minimum Gasteiger partial charge on any atom is -0.293 e. The van der Waals surface area contributed by atoms with Crippen molar-refractivity contribution in [3.05, 3.63) is 22.1 Å². The molecule has 6 heteroatoms. The predicted molar refractivity (Wildman–Crippen MR) is 57.0 cm³/mol. The summed E-state index contributed by atoms with van der Waals surface area (Å²) in [7, 11) is 0. The van der Waals surface area contributed by atoms with Crippen molar-refractivity contribution < 1.29 is 4.79 Å². The summed E-state index contributed by atoms with van der Waals surface area (Å²) >= 11 is 0. The molecular formula is C9H12N4O2. The van der Waals surface area contributed by atoms with Gasteiger partial charge >= 0.3 is 0 Å². The Labute approximate surface area is 86.4 Å². The summed E-state index contributed by atoms with van der Waals surface area (Å²) in [6.07, 6.45) is 0. The van der Waals surface area contributed by atoms with Crippen molar-refractivity contribution >= 4 is 17.4 Å². The van der Waals surface area contributed by atoms with Crippen LogP contribution in [0, 0.1) is 6.92 Å². The van der Waals surface area contributed by atoms with Gasteiger partial charge in [-0.25, -0.2) is 10.4 Å². The number of Topliss-reactive ketones (excluding diaryl/α,β-unsaturated/α-hetero) is 1. The quantitative estimate of drug-likeness (QED) is 0.558. The third kappa shape index (κ3) is 3.34. The van der Waals surface area contributed by atoms with Gasteiger partial charge in [-0.15, -0.1) is 0 Å². The largest absolute Gasteiger partial charge is 0.293 e. The third-order valence-electron chi connectivity index (χ3n) is 1.71. The zero-order valence-electron chi connectivity index (χ0n) is 8.79. The van der Waals surface area contributed by atoms with E-state index in [1.54, 1.807) is 13.8 Å². The average molecular weight is 208 g/mol. The number of hydrogen-bond donors (Lipinski definition) is 2. The van der Waals surface area contributed by atoms with Gasteiger partial charge in [-0.1, -0.05) is 0 Å². The molecule has 1 heterocycles. The molecule has 80 valence electrons. The zero-order chi connectivity index (χ0) is 11.4. The van der Waals surface area contributed by atoms with E-state index in [0.29, 0.717) is 11.4 Å². The molecule has 0 bridgehead atoms. The van der Waals surface area contributed by atoms with E-state index in [1.165, 1.54) is 13.0 Å². The number of nitrogens with zero attached hydrogens (tertiary/aromatic N) is 2. The van der Waals surface area contributed by atoms with Crippen molar-refractivity contribution in [2.24, 2.45) is 5.10 Å². The minimum absolute atomic E-state index is 0.141. The standard InChI is InChI=1S/C9H12N4O2/c1-5-4-8(15)11-9(10-5)13-12-6(2)7(3)14/h4H,1-3H3,(H2,10,11,13,15)/b12-6-. The van der Waals surface area contributed by atoms with Gasteiger partial charge in [0.2, 0.25) is 5.95 Å². The molecule has 0 aliphatic carbocycles. The lowest BCUT2D eigenvalue weighted by molar-refractivity contribution is -0.111. The first-order valence-electron chi connectivity index (χ1n) is 4.38. The smallest absolute Gasteiger partial charge is 0.252 e. The molecule has 0 fully saturated rings. The first-order valence-corrected chi connectivity index (χ1v) is 4.38. The van der Waals surface area contributed by atoms with E-state index in [9.17, 15) is 9.59 Å². The molecule has 0 unspecified atom stereocenters. The second-order valence-corrected chi connectivity index (χ2v) is 3.10. The average Bonchev–Trinajstić information content (AvgIpc) is 2.12. The van der Waals surface area contributed by atoms with Gasteiger partial charge in [-0.3, -0.25) is 14.6 Å². The number of nitrogens with one attached hydrogen (secondary N) is 2. The summed E-state index contributed by atoms with van der Waals surface area (Å²) in [5, 5.41) is 3.76. The lowest BCUT2D eigenvalue weighted by atomic mass is 10.3. The molecule has 0 amide bonds. The Morgan fingerprint density at radius 3 is 2.73 bits per heavy atom. The Kier molecular flexibility index (Phi) is 3.33. The van der Waals surface area contributed by atoms with Crippen LogP contribution >= 0.6 is 0 Å². The second kappa shape index (κ2) is 4.50. The molecule has 1 aromatic heterocycles. The van der Waals surface area contributed by atoms with E-state index >= 15 is 0 Å². The van der Waals surface area contributed by atoms with Gasteiger partial charge in [-0.05, 0) is 13.8 Å². The molecule has 15 heavy (non-hydrogen) atoms. The Morgan fingerprint density at radius 1 is 1.53 bits per heavy atom. The van der Waals surface area contributed by atoms with Crippen LogP contribution in [-0.4, -0.2) is 21.5 Å². The van der Waals surface area contributed by atoms with E-state index in [0.717, 1.165) is 0 Å². The Morgan fingerprint density at radius 2 is 2.20 bits per heavy atom. The van der Waals surface area contributed by atoms with Gasteiger partial charge < -0.3 is 0 Å². The van der Waals surface area contributed by atoms with Crippen molar-refractivity contribution in [2.45, 2.75) is 20.8 Å². The number of hydrogen-bond acceptors (Lipinski definition) is 5. The molecule has 0 aliphatic heterocycles. The molecule has 0 aromatic carbocycles. The normalized spacial score (nSPS) is 11.3. The Hall–Kier alpha value is -1.98. The molecule has 1 rings (SSSR count). The molecule has 0 saturated carbocycles. The lowest BCUT2D eigenvalue weighted by Gasteiger charge is -2.00. The number of anilines is 1. The summed E-state index contributed by atoms with van der Waals surface area (Å²) in [4.78, 5) is 28.3. The maximum absolute atomic E-state index is 11.0. The van der Waals surface area contributed by atoms with Crippen LogP contribution in [0.25, 0.3) is 0 Å². The highest BCUT2D eigenvalue weighted by Gasteiger charge is 1.99. The van der Waals surface area contributed by atoms with Crippen LogP contribution in [0.2, 0.25) is 0 Å². The number of carbonyl (C=O) groups excluding carboxylic acids is 1. The molecule has 6 nitrogen and oxygen atoms in total. The van der Waals surface area contributed by atoms with Crippen molar-refractivity contribution in [1.29, 1.82) is 0 Å². The van der Waals surface area contributed by atoms with Gasteiger partial charge in [0, 0.05) is 18.7 Å². The van der Waals surface area contributed by atoms with Crippen molar-refractivity contribution in [2.75, 3.05) is 5.43 Å². The van der Waals surface area contributed by atoms with Crippen LogP contribution in [0.5, 0.6) is 0 Å². The number of ketones is 1. The summed E-state index contributed by atoms with van der Waals surface area (Å²) in [5.41, 5.74) is 3.14. The number of rotatable bonds is 3. The summed E-state index contributed by atoms with van der Waals surface area (Å²) in [5.74, 6) is 0.0816. The van der Waals surface area contributed by atoms with E-state index < -0.39 is 0 Å². The summed E-state index contributed by atoms with van der Waals surface area (Å²) in [6.45, 7) is 4.68. The molecule has 0 aliphatic rings. The van der Waals surface area contributed by atoms with Crippen LogP contribution < -0.4 is 11.0 Å². The number of aryl methyl sites for hydroxylation is 1. The first kappa shape index (κ1) is 11.1. The highest BCUT2D eigenvalue weighted by Crippen LogP contribution is 1.95. The monoisotopic (exact) mass is 208 g/mol. The fourth-order valence-electron chi connectivity index (χ4n) is 0.848. The van der Waals surface area contributed by atoms with Crippen LogP contribution in [0.1, 0.15) is 19.5 Å².